The number of hydrogen-bond acceptors (Lipinski definition) is 4. The topological polar surface area (TPSA) is 65.4 Å². The molecule has 2 aromatic carbocycles. The maximum atomic E-state index is 12.5. The second-order valence-electron chi connectivity index (χ2n) is 6.81. The fourth-order valence-electron chi connectivity index (χ4n) is 3.63. The molecule has 1 N–H and O–H groups in total. The predicted octanol–water partition coefficient (Wildman–Crippen LogP) is 3.69. The van der Waals surface area contributed by atoms with E-state index in [9.17, 15) is 4.79 Å². The number of methoxy groups -OCH3 is 2. The number of amides is 1. The number of fused-ring (bicyclic) bond motifs is 1. The van der Waals surface area contributed by atoms with Crippen molar-refractivity contribution in [3.05, 3.63) is 60.0 Å². The number of rotatable bonds is 6. The number of carbonyl (C=O) groups excluding carboxylic acids is 1. The molecule has 1 amide bonds. The van der Waals surface area contributed by atoms with Crippen LogP contribution in [0.1, 0.15) is 17.8 Å². The molecule has 0 saturated heterocycles. The van der Waals surface area contributed by atoms with Crippen molar-refractivity contribution in [3.8, 4) is 22.8 Å². The molecule has 1 aliphatic rings. The fourth-order valence-corrected chi connectivity index (χ4v) is 3.63. The van der Waals surface area contributed by atoms with Gasteiger partial charge >= 0.3 is 0 Å². The van der Waals surface area contributed by atoms with Gasteiger partial charge in [0.05, 0.1) is 32.5 Å². The highest BCUT2D eigenvalue weighted by molar-refractivity contribution is 5.93. The highest BCUT2D eigenvalue weighted by Gasteiger charge is 2.17. The van der Waals surface area contributed by atoms with E-state index in [1.165, 1.54) is 0 Å². The normalized spacial score (nSPS) is 12.5. The molecule has 1 aliphatic heterocycles. The van der Waals surface area contributed by atoms with E-state index in [2.05, 4.69) is 14.9 Å². The highest BCUT2D eigenvalue weighted by atomic mass is 16.5. The molecule has 0 unspecified atom stereocenters. The van der Waals surface area contributed by atoms with Crippen LogP contribution in [0.15, 0.2) is 48.7 Å². The van der Waals surface area contributed by atoms with Crippen LogP contribution in [0.2, 0.25) is 0 Å². The Balaban J connectivity index is 1.48. The van der Waals surface area contributed by atoms with Gasteiger partial charge in [0, 0.05) is 24.2 Å². The Morgan fingerprint density at radius 2 is 2.00 bits per heavy atom. The van der Waals surface area contributed by atoms with Gasteiger partial charge in [-0.3, -0.25) is 4.79 Å². The third-order valence-electron chi connectivity index (χ3n) is 4.98. The molecule has 4 rings (SSSR count). The minimum atomic E-state index is -0.0807. The molecule has 1 aromatic heterocycles. The summed E-state index contributed by atoms with van der Waals surface area (Å²) in [7, 11) is 3.17. The number of carbonyl (C=O) groups is 1. The van der Waals surface area contributed by atoms with E-state index in [4.69, 9.17) is 9.47 Å². The first-order valence-corrected chi connectivity index (χ1v) is 9.33. The van der Waals surface area contributed by atoms with Crippen molar-refractivity contribution in [2.45, 2.75) is 25.8 Å². The van der Waals surface area contributed by atoms with Crippen molar-refractivity contribution in [2.75, 3.05) is 19.5 Å². The third-order valence-corrected chi connectivity index (χ3v) is 4.98. The Morgan fingerprint density at radius 3 is 2.82 bits per heavy atom. The number of anilines is 1. The number of ether oxygens (including phenoxy) is 2. The van der Waals surface area contributed by atoms with Gasteiger partial charge in [-0.1, -0.05) is 18.2 Å². The summed E-state index contributed by atoms with van der Waals surface area (Å²) >= 11 is 0. The summed E-state index contributed by atoms with van der Waals surface area (Å²) in [5, 5.41) is 2.99. The Kier molecular flexibility index (Phi) is 5.02. The second-order valence-corrected chi connectivity index (χ2v) is 6.81. The van der Waals surface area contributed by atoms with E-state index >= 15 is 0 Å². The van der Waals surface area contributed by atoms with Crippen LogP contribution in [-0.2, 0) is 24.2 Å². The first kappa shape index (κ1) is 18.1. The standard InChI is InChI=1S/C22H23N3O3/c1-27-19-9-8-15(11-20(19)28-2)12-22(26)24-17-6-3-5-16(13-17)18-14-23-21-7-4-10-25(18)21/h3,5-6,8-9,11,13-14H,4,7,10,12H2,1-2H3,(H,24,26). The van der Waals surface area contributed by atoms with Crippen molar-refractivity contribution < 1.29 is 14.3 Å². The molecule has 144 valence electrons. The second kappa shape index (κ2) is 7.76. The summed E-state index contributed by atoms with van der Waals surface area (Å²) in [4.78, 5) is 17.0. The summed E-state index contributed by atoms with van der Waals surface area (Å²) in [5.74, 6) is 2.32. The largest absolute Gasteiger partial charge is 0.493 e. The molecule has 0 fully saturated rings. The van der Waals surface area contributed by atoms with Gasteiger partial charge in [0.15, 0.2) is 11.5 Å². The minimum absolute atomic E-state index is 0.0807. The highest BCUT2D eigenvalue weighted by Crippen LogP contribution is 2.29. The summed E-state index contributed by atoms with van der Waals surface area (Å²) in [6, 6.07) is 13.4. The molecule has 0 bridgehead atoms. The Labute approximate surface area is 164 Å². The van der Waals surface area contributed by atoms with Gasteiger partial charge in [-0.05, 0) is 36.2 Å². The zero-order valence-electron chi connectivity index (χ0n) is 16.1. The molecule has 0 aliphatic carbocycles. The van der Waals surface area contributed by atoms with Crippen LogP contribution in [0, 0.1) is 0 Å². The van der Waals surface area contributed by atoms with E-state index < -0.39 is 0 Å². The molecule has 3 aromatic rings. The molecule has 2 heterocycles. The van der Waals surface area contributed by atoms with Gasteiger partial charge in [0.2, 0.25) is 5.91 Å². The van der Waals surface area contributed by atoms with Crippen molar-refractivity contribution in [1.29, 1.82) is 0 Å². The average molecular weight is 377 g/mol. The summed E-state index contributed by atoms with van der Waals surface area (Å²) < 4.78 is 12.8. The van der Waals surface area contributed by atoms with Gasteiger partial charge in [0.1, 0.15) is 5.82 Å². The minimum Gasteiger partial charge on any atom is -0.493 e. The molecular weight excluding hydrogens is 354 g/mol. The Hall–Kier alpha value is -3.28. The molecule has 28 heavy (non-hydrogen) atoms. The smallest absolute Gasteiger partial charge is 0.228 e. The van der Waals surface area contributed by atoms with E-state index in [1.54, 1.807) is 14.2 Å². The van der Waals surface area contributed by atoms with Crippen LogP contribution in [-0.4, -0.2) is 29.7 Å². The van der Waals surface area contributed by atoms with Gasteiger partial charge in [0.25, 0.3) is 0 Å². The van der Waals surface area contributed by atoms with E-state index in [-0.39, 0.29) is 12.3 Å². The monoisotopic (exact) mass is 377 g/mol. The first-order valence-electron chi connectivity index (χ1n) is 9.33. The first-order chi connectivity index (χ1) is 13.7. The quantitative estimate of drug-likeness (QED) is 0.711. The zero-order valence-corrected chi connectivity index (χ0v) is 16.1. The molecule has 0 radical (unpaired) electrons. The van der Waals surface area contributed by atoms with Crippen LogP contribution >= 0.6 is 0 Å². The lowest BCUT2D eigenvalue weighted by molar-refractivity contribution is -0.115. The summed E-state index contributed by atoms with van der Waals surface area (Å²) in [6.45, 7) is 1.00. The molecular formula is C22H23N3O3. The van der Waals surface area contributed by atoms with Crippen LogP contribution in [0.25, 0.3) is 11.3 Å². The number of benzene rings is 2. The van der Waals surface area contributed by atoms with Gasteiger partial charge < -0.3 is 19.4 Å². The van der Waals surface area contributed by atoms with Crippen LogP contribution < -0.4 is 14.8 Å². The van der Waals surface area contributed by atoms with Crippen molar-refractivity contribution in [1.82, 2.24) is 9.55 Å². The lowest BCUT2D eigenvalue weighted by Gasteiger charge is -2.11. The fraction of sp³-hybridized carbons (Fsp3) is 0.273. The van der Waals surface area contributed by atoms with Gasteiger partial charge in [-0.25, -0.2) is 4.98 Å². The lowest BCUT2D eigenvalue weighted by Crippen LogP contribution is -2.14. The number of nitrogens with one attached hydrogen (secondary N) is 1. The van der Waals surface area contributed by atoms with Crippen LogP contribution in [0.5, 0.6) is 11.5 Å². The number of aromatic nitrogens is 2. The van der Waals surface area contributed by atoms with E-state index in [0.29, 0.717) is 11.5 Å². The summed E-state index contributed by atoms with van der Waals surface area (Å²) in [6.07, 6.45) is 4.34. The Bertz CT molecular complexity index is 1010. The average Bonchev–Trinajstić information content (AvgIpc) is 3.31. The maximum Gasteiger partial charge on any atom is 0.228 e. The molecule has 0 saturated carbocycles. The van der Waals surface area contributed by atoms with Crippen molar-refractivity contribution in [2.24, 2.45) is 0 Å². The Morgan fingerprint density at radius 1 is 1.14 bits per heavy atom. The van der Waals surface area contributed by atoms with Gasteiger partial charge in [-0.2, -0.15) is 0 Å². The molecule has 0 spiro atoms. The number of imidazole rings is 1. The van der Waals surface area contributed by atoms with Crippen molar-refractivity contribution in [3.63, 3.8) is 0 Å². The predicted molar refractivity (Wildman–Crippen MR) is 108 cm³/mol. The van der Waals surface area contributed by atoms with Crippen molar-refractivity contribution >= 4 is 11.6 Å². The van der Waals surface area contributed by atoms with E-state index in [1.807, 2.05) is 48.7 Å². The number of aryl methyl sites for hydroxylation is 1. The number of hydrogen-bond donors (Lipinski definition) is 1. The van der Waals surface area contributed by atoms with Crippen LogP contribution in [0.4, 0.5) is 5.69 Å². The van der Waals surface area contributed by atoms with Crippen LogP contribution in [0.3, 0.4) is 0 Å². The zero-order chi connectivity index (χ0) is 19.5. The molecule has 6 nitrogen and oxygen atoms in total. The SMILES string of the molecule is COc1ccc(CC(=O)Nc2cccc(-c3cnc4n3CCC4)c2)cc1OC. The molecule has 6 heteroatoms. The lowest BCUT2D eigenvalue weighted by atomic mass is 10.1. The summed E-state index contributed by atoms with van der Waals surface area (Å²) in [5.41, 5.74) is 3.80. The molecule has 0 atom stereocenters. The number of nitrogens with zero attached hydrogens (tertiary/aromatic N) is 2. The van der Waals surface area contributed by atoms with E-state index in [0.717, 1.165) is 47.7 Å². The van der Waals surface area contributed by atoms with Gasteiger partial charge in [-0.15, -0.1) is 0 Å². The third kappa shape index (κ3) is 3.58. The maximum absolute atomic E-state index is 12.5.